The molecule has 1 saturated heterocycles. The van der Waals surface area contributed by atoms with Crippen molar-refractivity contribution in [2.45, 2.75) is 58.5 Å². The fraction of sp³-hybridized carbons (Fsp3) is 1.00. The highest BCUT2D eigenvalue weighted by Crippen LogP contribution is 2.41. The van der Waals surface area contributed by atoms with E-state index < -0.39 is 0 Å². The molecule has 0 bridgehead atoms. The van der Waals surface area contributed by atoms with Crippen LogP contribution < -0.4 is 5.32 Å². The minimum absolute atomic E-state index is 0.406. The second-order valence-corrected chi connectivity index (χ2v) is 6.57. The molecule has 2 nitrogen and oxygen atoms in total. The molecule has 94 valence electrons. The first kappa shape index (κ1) is 12.4. The second-order valence-electron chi connectivity index (χ2n) is 6.57. The maximum absolute atomic E-state index is 3.75. The van der Waals surface area contributed by atoms with Crippen LogP contribution in [0.2, 0.25) is 0 Å². The molecule has 1 aliphatic heterocycles. The third kappa shape index (κ3) is 2.78. The summed E-state index contributed by atoms with van der Waals surface area (Å²) in [6, 6.07) is 0.750. The molecular formula is C14H28N2. The zero-order chi connectivity index (χ0) is 11.8. The van der Waals surface area contributed by atoms with Crippen molar-refractivity contribution in [1.82, 2.24) is 10.2 Å². The number of piperazine rings is 1. The molecule has 0 radical (unpaired) electrons. The smallest absolute Gasteiger partial charge is 0.0309 e. The van der Waals surface area contributed by atoms with E-state index in [1.54, 1.807) is 0 Å². The Kier molecular flexibility index (Phi) is 3.60. The highest BCUT2D eigenvalue weighted by atomic mass is 15.2. The summed E-state index contributed by atoms with van der Waals surface area (Å²) in [5.74, 6) is 1.76. The molecule has 2 heteroatoms. The normalized spacial score (nSPS) is 34.3. The zero-order valence-corrected chi connectivity index (χ0v) is 11.4. The summed E-state index contributed by atoms with van der Waals surface area (Å²) in [5.41, 5.74) is 0.406. The lowest BCUT2D eigenvalue weighted by Crippen LogP contribution is -2.61. The van der Waals surface area contributed by atoms with E-state index in [1.807, 2.05) is 0 Å². The first-order chi connectivity index (χ1) is 7.51. The quantitative estimate of drug-likeness (QED) is 0.789. The van der Waals surface area contributed by atoms with Crippen molar-refractivity contribution >= 4 is 0 Å². The van der Waals surface area contributed by atoms with Gasteiger partial charge in [-0.3, -0.25) is 4.90 Å². The first-order valence-electron chi connectivity index (χ1n) is 7.00. The highest BCUT2D eigenvalue weighted by molar-refractivity contribution is 5.02. The highest BCUT2D eigenvalue weighted by Gasteiger charge is 2.44. The SMILES string of the molecule is CC(C)CC(C)N1CCNC(C)(C2CC2)C1. The van der Waals surface area contributed by atoms with Gasteiger partial charge in [-0.25, -0.2) is 0 Å². The first-order valence-corrected chi connectivity index (χ1v) is 7.00. The van der Waals surface area contributed by atoms with Gasteiger partial charge in [-0.15, -0.1) is 0 Å². The third-order valence-electron chi connectivity index (χ3n) is 4.37. The molecule has 2 atom stereocenters. The summed E-state index contributed by atoms with van der Waals surface area (Å²) in [7, 11) is 0. The number of hydrogen-bond donors (Lipinski definition) is 1. The van der Waals surface area contributed by atoms with E-state index in [1.165, 1.54) is 38.9 Å². The van der Waals surface area contributed by atoms with Crippen LogP contribution in [-0.4, -0.2) is 36.1 Å². The van der Waals surface area contributed by atoms with Crippen LogP contribution in [-0.2, 0) is 0 Å². The van der Waals surface area contributed by atoms with Gasteiger partial charge in [0.1, 0.15) is 0 Å². The summed E-state index contributed by atoms with van der Waals surface area (Å²) < 4.78 is 0. The van der Waals surface area contributed by atoms with Gasteiger partial charge in [0.15, 0.2) is 0 Å². The van der Waals surface area contributed by atoms with Crippen LogP contribution in [0.5, 0.6) is 0 Å². The Morgan fingerprint density at radius 2 is 2.00 bits per heavy atom. The van der Waals surface area contributed by atoms with Crippen LogP contribution in [0.4, 0.5) is 0 Å². The summed E-state index contributed by atoms with van der Waals surface area (Å²) >= 11 is 0. The second kappa shape index (κ2) is 4.66. The van der Waals surface area contributed by atoms with Gasteiger partial charge in [0.2, 0.25) is 0 Å². The Bertz CT molecular complexity index is 235. The molecule has 0 aromatic heterocycles. The maximum atomic E-state index is 3.75. The zero-order valence-electron chi connectivity index (χ0n) is 11.4. The molecule has 0 aromatic rings. The molecule has 1 heterocycles. The Morgan fingerprint density at radius 3 is 2.56 bits per heavy atom. The van der Waals surface area contributed by atoms with Gasteiger partial charge in [0, 0.05) is 31.2 Å². The van der Waals surface area contributed by atoms with Crippen molar-refractivity contribution < 1.29 is 0 Å². The van der Waals surface area contributed by atoms with Crippen LogP contribution in [0.3, 0.4) is 0 Å². The summed E-state index contributed by atoms with van der Waals surface area (Å²) in [4.78, 5) is 2.70. The van der Waals surface area contributed by atoms with Crippen LogP contribution >= 0.6 is 0 Å². The topological polar surface area (TPSA) is 15.3 Å². The van der Waals surface area contributed by atoms with E-state index in [0.717, 1.165) is 17.9 Å². The van der Waals surface area contributed by atoms with E-state index in [0.29, 0.717) is 5.54 Å². The van der Waals surface area contributed by atoms with E-state index in [-0.39, 0.29) is 0 Å². The average Bonchev–Trinajstić information content (AvgIpc) is 2.99. The molecule has 2 aliphatic rings. The lowest BCUT2D eigenvalue weighted by Gasteiger charge is -2.44. The van der Waals surface area contributed by atoms with Gasteiger partial charge in [-0.1, -0.05) is 13.8 Å². The predicted octanol–water partition coefficient (Wildman–Crippen LogP) is 2.49. The maximum Gasteiger partial charge on any atom is 0.0309 e. The molecule has 1 saturated carbocycles. The number of nitrogens with one attached hydrogen (secondary N) is 1. The minimum atomic E-state index is 0.406. The monoisotopic (exact) mass is 224 g/mol. The molecule has 16 heavy (non-hydrogen) atoms. The Morgan fingerprint density at radius 1 is 1.31 bits per heavy atom. The number of nitrogens with zero attached hydrogens (tertiary/aromatic N) is 1. The Labute approximate surface area is 101 Å². The van der Waals surface area contributed by atoms with Crippen LogP contribution in [0.1, 0.15) is 47.0 Å². The molecule has 0 amide bonds. The number of hydrogen-bond acceptors (Lipinski definition) is 2. The lowest BCUT2D eigenvalue weighted by molar-refractivity contribution is 0.0859. The van der Waals surface area contributed by atoms with E-state index >= 15 is 0 Å². The van der Waals surface area contributed by atoms with Crippen molar-refractivity contribution in [2.24, 2.45) is 11.8 Å². The van der Waals surface area contributed by atoms with Gasteiger partial charge >= 0.3 is 0 Å². The van der Waals surface area contributed by atoms with Gasteiger partial charge in [-0.2, -0.15) is 0 Å². The molecule has 2 unspecified atom stereocenters. The molecule has 2 fully saturated rings. The summed E-state index contributed by atoms with van der Waals surface area (Å²) in [6.45, 7) is 13.2. The Hall–Kier alpha value is -0.0800. The summed E-state index contributed by atoms with van der Waals surface area (Å²) in [6.07, 6.45) is 4.21. The van der Waals surface area contributed by atoms with Gasteiger partial charge in [0.25, 0.3) is 0 Å². The molecular weight excluding hydrogens is 196 g/mol. The van der Waals surface area contributed by atoms with Crippen LogP contribution in [0.15, 0.2) is 0 Å². The van der Waals surface area contributed by atoms with Crippen LogP contribution in [0, 0.1) is 11.8 Å². The van der Waals surface area contributed by atoms with E-state index in [2.05, 4.69) is 37.9 Å². The fourth-order valence-corrected chi connectivity index (χ4v) is 3.24. The predicted molar refractivity (Wildman–Crippen MR) is 69.6 cm³/mol. The van der Waals surface area contributed by atoms with Gasteiger partial charge < -0.3 is 5.32 Å². The summed E-state index contributed by atoms with van der Waals surface area (Å²) in [5, 5.41) is 3.75. The molecule has 0 spiro atoms. The third-order valence-corrected chi connectivity index (χ3v) is 4.37. The standard InChI is InChI=1S/C14H28N2/c1-11(2)9-12(3)16-8-7-15-14(4,10-16)13-5-6-13/h11-13,15H,5-10H2,1-4H3. The van der Waals surface area contributed by atoms with Gasteiger partial charge in [-0.05, 0) is 44.9 Å². The molecule has 2 rings (SSSR count). The van der Waals surface area contributed by atoms with Crippen molar-refractivity contribution in [3.8, 4) is 0 Å². The molecule has 0 aromatic carbocycles. The van der Waals surface area contributed by atoms with Crippen molar-refractivity contribution in [3.63, 3.8) is 0 Å². The van der Waals surface area contributed by atoms with Crippen molar-refractivity contribution in [3.05, 3.63) is 0 Å². The lowest BCUT2D eigenvalue weighted by atomic mass is 9.91. The van der Waals surface area contributed by atoms with Crippen LogP contribution in [0.25, 0.3) is 0 Å². The van der Waals surface area contributed by atoms with E-state index in [4.69, 9.17) is 0 Å². The Balaban J connectivity index is 1.90. The molecule has 1 aliphatic carbocycles. The average molecular weight is 224 g/mol. The van der Waals surface area contributed by atoms with Crippen molar-refractivity contribution in [1.29, 1.82) is 0 Å². The molecule has 1 N–H and O–H groups in total. The van der Waals surface area contributed by atoms with Crippen molar-refractivity contribution in [2.75, 3.05) is 19.6 Å². The number of rotatable bonds is 4. The van der Waals surface area contributed by atoms with Gasteiger partial charge in [0.05, 0.1) is 0 Å². The minimum Gasteiger partial charge on any atom is -0.309 e. The fourth-order valence-electron chi connectivity index (χ4n) is 3.24. The largest absolute Gasteiger partial charge is 0.309 e. The van der Waals surface area contributed by atoms with E-state index in [9.17, 15) is 0 Å².